The second-order valence-electron chi connectivity index (χ2n) is 7.73. The van der Waals surface area contributed by atoms with Gasteiger partial charge in [0.1, 0.15) is 0 Å². The highest BCUT2D eigenvalue weighted by Gasteiger charge is 2.18. The maximum atomic E-state index is 12.1. The molecule has 0 aliphatic heterocycles. The van der Waals surface area contributed by atoms with Crippen molar-refractivity contribution in [3.63, 3.8) is 0 Å². The zero-order valence-electron chi connectivity index (χ0n) is 18.4. The molecule has 1 aromatic heterocycles. The van der Waals surface area contributed by atoms with E-state index in [0.29, 0.717) is 12.2 Å². The number of carbonyl (C=O) groups excluding carboxylic acids is 1. The van der Waals surface area contributed by atoms with E-state index in [9.17, 15) is 9.90 Å². The average Bonchev–Trinajstić information content (AvgIpc) is 2.81. The molecule has 0 radical (unpaired) electrons. The van der Waals surface area contributed by atoms with Crippen LogP contribution in [0.4, 0.5) is 5.69 Å². The molecule has 0 aliphatic rings. The maximum Gasteiger partial charge on any atom is 0.338 e. The zero-order valence-corrected chi connectivity index (χ0v) is 18.4. The van der Waals surface area contributed by atoms with Gasteiger partial charge in [-0.15, -0.1) is 0 Å². The SMILES string of the molecule is CCOC(=O)c1cc(C)c(NC(O)c2cc(-c3ccccc3)nc3ccccc23)c(C)c1. The summed E-state index contributed by atoms with van der Waals surface area (Å²) in [6, 6.07) is 23.2. The van der Waals surface area contributed by atoms with Crippen LogP contribution >= 0.6 is 0 Å². The number of hydrogen-bond acceptors (Lipinski definition) is 5. The first kappa shape index (κ1) is 21.5. The Kier molecular flexibility index (Phi) is 6.19. The number of benzene rings is 3. The minimum Gasteiger partial charge on any atom is -0.462 e. The number of pyridine rings is 1. The van der Waals surface area contributed by atoms with Gasteiger partial charge in [0, 0.05) is 22.2 Å². The van der Waals surface area contributed by atoms with Gasteiger partial charge in [-0.25, -0.2) is 9.78 Å². The minimum atomic E-state index is -0.962. The lowest BCUT2D eigenvalue weighted by molar-refractivity contribution is 0.0526. The number of nitrogens with one attached hydrogen (secondary N) is 1. The summed E-state index contributed by atoms with van der Waals surface area (Å²) in [5.41, 5.74) is 6.33. The number of nitrogens with zero attached hydrogens (tertiary/aromatic N) is 1. The Hall–Kier alpha value is -3.70. The number of para-hydroxylation sites is 1. The number of aryl methyl sites for hydroxylation is 2. The van der Waals surface area contributed by atoms with E-state index in [1.807, 2.05) is 74.5 Å². The van der Waals surface area contributed by atoms with Crippen LogP contribution in [-0.2, 0) is 4.74 Å². The van der Waals surface area contributed by atoms with E-state index in [1.165, 1.54) is 0 Å². The van der Waals surface area contributed by atoms with Crippen molar-refractivity contribution in [1.82, 2.24) is 4.98 Å². The van der Waals surface area contributed by atoms with E-state index in [2.05, 4.69) is 5.32 Å². The normalized spacial score (nSPS) is 11.9. The Labute approximate surface area is 187 Å². The molecule has 0 aliphatic carbocycles. The number of rotatable bonds is 6. The summed E-state index contributed by atoms with van der Waals surface area (Å²) < 4.78 is 5.12. The average molecular weight is 427 g/mol. The number of hydrogen-bond donors (Lipinski definition) is 2. The molecule has 4 aromatic rings. The number of aliphatic hydroxyl groups is 1. The largest absolute Gasteiger partial charge is 0.462 e. The van der Waals surface area contributed by atoms with Gasteiger partial charge in [-0.2, -0.15) is 0 Å². The smallest absolute Gasteiger partial charge is 0.338 e. The molecular weight excluding hydrogens is 400 g/mol. The first-order valence-electron chi connectivity index (χ1n) is 10.7. The van der Waals surface area contributed by atoms with Gasteiger partial charge in [0.15, 0.2) is 6.23 Å². The lowest BCUT2D eigenvalue weighted by atomic mass is 10.0. The monoisotopic (exact) mass is 426 g/mol. The molecular formula is C27H26N2O3. The number of anilines is 1. The van der Waals surface area contributed by atoms with E-state index in [0.717, 1.165) is 44.5 Å². The summed E-state index contributed by atoms with van der Waals surface area (Å²) in [5.74, 6) is -0.349. The summed E-state index contributed by atoms with van der Waals surface area (Å²) in [7, 11) is 0. The van der Waals surface area contributed by atoms with E-state index in [4.69, 9.17) is 9.72 Å². The van der Waals surface area contributed by atoms with E-state index in [1.54, 1.807) is 19.1 Å². The van der Waals surface area contributed by atoms with E-state index < -0.39 is 6.23 Å². The highest BCUT2D eigenvalue weighted by atomic mass is 16.5. The Morgan fingerprint density at radius 3 is 2.34 bits per heavy atom. The van der Waals surface area contributed by atoms with Crippen molar-refractivity contribution in [3.05, 3.63) is 95.1 Å². The molecule has 2 N–H and O–H groups in total. The quantitative estimate of drug-likeness (QED) is 0.301. The fraction of sp³-hybridized carbons (Fsp3) is 0.185. The van der Waals surface area contributed by atoms with Crippen LogP contribution < -0.4 is 5.32 Å². The molecule has 0 bridgehead atoms. The second kappa shape index (κ2) is 9.20. The molecule has 0 saturated carbocycles. The maximum absolute atomic E-state index is 12.1. The Morgan fingerprint density at radius 1 is 1.00 bits per heavy atom. The van der Waals surface area contributed by atoms with Crippen molar-refractivity contribution in [2.75, 3.05) is 11.9 Å². The highest BCUT2D eigenvalue weighted by molar-refractivity contribution is 5.91. The van der Waals surface area contributed by atoms with Crippen LogP contribution in [0.1, 0.15) is 40.2 Å². The molecule has 1 heterocycles. The van der Waals surface area contributed by atoms with Gasteiger partial charge in [0.05, 0.1) is 23.4 Å². The topological polar surface area (TPSA) is 71.5 Å². The molecule has 5 heteroatoms. The van der Waals surface area contributed by atoms with Crippen molar-refractivity contribution in [2.24, 2.45) is 0 Å². The molecule has 0 spiro atoms. The molecule has 3 aromatic carbocycles. The predicted molar refractivity (Wildman–Crippen MR) is 128 cm³/mol. The van der Waals surface area contributed by atoms with Crippen LogP contribution in [0.15, 0.2) is 72.8 Å². The number of ether oxygens (including phenoxy) is 1. The third kappa shape index (κ3) is 4.34. The highest BCUT2D eigenvalue weighted by Crippen LogP contribution is 2.31. The Morgan fingerprint density at radius 2 is 1.66 bits per heavy atom. The Balaban J connectivity index is 1.73. The molecule has 1 atom stereocenters. The summed E-state index contributed by atoms with van der Waals surface area (Å²) in [6.45, 7) is 5.93. The first-order chi connectivity index (χ1) is 15.5. The molecule has 32 heavy (non-hydrogen) atoms. The third-order valence-electron chi connectivity index (χ3n) is 5.44. The van der Waals surface area contributed by atoms with E-state index in [-0.39, 0.29) is 5.97 Å². The van der Waals surface area contributed by atoms with Crippen LogP contribution in [0.5, 0.6) is 0 Å². The summed E-state index contributed by atoms with van der Waals surface area (Å²) in [6.07, 6.45) is -0.962. The van der Waals surface area contributed by atoms with Crippen LogP contribution in [0.25, 0.3) is 22.2 Å². The van der Waals surface area contributed by atoms with Crippen LogP contribution in [0, 0.1) is 13.8 Å². The van der Waals surface area contributed by atoms with Gasteiger partial charge in [0.25, 0.3) is 0 Å². The molecule has 1 unspecified atom stereocenters. The predicted octanol–water partition coefficient (Wildman–Crippen LogP) is 5.80. The van der Waals surface area contributed by atoms with Gasteiger partial charge in [-0.05, 0) is 56.2 Å². The fourth-order valence-electron chi connectivity index (χ4n) is 3.92. The fourth-order valence-corrected chi connectivity index (χ4v) is 3.92. The van der Waals surface area contributed by atoms with Gasteiger partial charge in [-0.1, -0.05) is 48.5 Å². The number of aromatic nitrogens is 1. The zero-order chi connectivity index (χ0) is 22.7. The van der Waals surface area contributed by atoms with Gasteiger partial charge in [0.2, 0.25) is 0 Å². The molecule has 0 saturated heterocycles. The minimum absolute atomic E-state index is 0.328. The van der Waals surface area contributed by atoms with Crippen LogP contribution in [-0.4, -0.2) is 22.7 Å². The van der Waals surface area contributed by atoms with Crippen LogP contribution in [0.2, 0.25) is 0 Å². The van der Waals surface area contributed by atoms with Gasteiger partial charge in [-0.3, -0.25) is 0 Å². The number of esters is 1. The van der Waals surface area contributed by atoms with Gasteiger partial charge < -0.3 is 15.2 Å². The molecule has 0 amide bonds. The summed E-state index contributed by atoms with van der Waals surface area (Å²) >= 11 is 0. The van der Waals surface area contributed by atoms with Crippen molar-refractivity contribution in [2.45, 2.75) is 27.0 Å². The number of fused-ring (bicyclic) bond motifs is 1. The molecule has 4 rings (SSSR count). The molecule has 5 nitrogen and oxygen atoms in total. The summed E-state index contributed by atoms with van der Waals surface area (Å²) in [5, 5.41) is 15.3. The lowest BCUT2D eigenvalue weighted by Crippen LogP contribution is -2.14. The third-order valence-corrected chi connectivity index (χ3v) is 5.44. The van der Waals surface area contributed by atoms with E-state index >= 15 is 0 Å². The number of carbonyl (C=O) groups is 1. The molecule has 162 valence electrons. The Bertz CT molecular complexity index is 1250. The van der Waals surface area contributed by atoms with Crippen molar-refractivity contribution >= 4 is 22.6 Å². The van der Waals surface area contributed by atoms with Crippen molar-refractivity contribution < 1.29 is 14.6 Å². The molecule has 0 fully saturated rings. The second-order valence-corrected chi connectivity index (χ2v) is 7.73. The first-order valence-corrected chi connectivity index (χ1v) is 10.7. The lowest BCUT2D eigenvalue weighted by Gasteiger charge is -2.21. The van der Waals surface area contributed by atoms with Crippen molar-refractivity contribution in [3.8, 4) is 11.3 Å². The van der Waals surface area contributed by atoms with Gasteiger partial charge >= 0.3 is 5.97 Å². The standard InChI is InChI=1S/C27H26N2O3/c1-4-32-27(31)20-14-17(2)25(18(3)15-20)29-26(30)22-16-24(19-10-6-5-7-11-19)28-23-13-9-8-12-21(22)23/h5-16,26,29-30H,4H2,1-3H3. The summed E-state index contributed by atoms with van der Waals surface area (Å²) in [4.78, 5) is 16.9. The van der Waals surface area contributed by atoms with Crippen molar-refractivity contribution in [1.29, 1.82) is 0 Å². The number of aliphatic hydroxyl groups excluding tert-OH is 1. The van der Waals surface area contributed by atoms with Crippen LogP contribution in [0.3, 0.4) is 0 Å².